The molecule has 0 radical (unpaired) electrons. The Morgan fingerprint density at radius 1 is 1.04 bits per heavy atom. The number of amides is 2. The van der Waals surface area contributed by atoms with Crippen molar-refractivity contribution < 1.29 is 9.59 Å². The summed E-state index contributed by atoms with van der Waals surface area (Å²) in [5, 5.41) is 7.09. The molecular formula is C17H15BrClN3O2. The third-order valence-electron chi connectivity index (χ3n) is 3.01. The summed E-state index contributed by atoms with van der Waals surface area (Å²) in [7, 11) is 0. The maximum Gasteiger partial charge on any atom is 0.240 e. The highest BCUT2D eigenvalue weighted by molar-refractivity contribution is 9.10. The van der Waals surface area contributed by atoms with Crippen molar-refractivity contribution >= 4 is 51.2 Å². The molecule has 0 aromatic heterocycles. The number of anilines is 1. The van der Waals surface area contributed by atoms with Gasteiger partial charge in [-0.05, 0) is 30.3 Å². The average molecular weight is 409 g/mol. The van der Waals surface area contributed by atoms with Crippen molar-refractivity contribution in [3.8, 4) is 0 Å². The minimum Gasteiger partial charge on any atom is -0.326 e. The van der Waals surface area contributed by atoms with E-state index in [4.69, 9.17) is 11.6 Å². The van der Waals surface area contributed by atoms with E-state index in [-0.39, 0.29) is 24.7 Å². The normalized spacial score (nSPS) is 10.6. The molecule has 0 aliphatic heterocycles. The van der Waals surface area contributed by atoms with E-state index >= 15 is 0 Å². The Morgan fingerprint density at radius 3 is 2.42 bits per heavy atom. The quantitative estimate of drug-likeness (QED) is 0.561. The second-order valence-corrected chi connectivity index (χ2v) is 6.19. The molecule has 2 N–H and O–H groups in total. The van der Waals surface area contributed by atoms with Gasteiger partial charge in [0.1, 0.15) is 0 Å². The van der Waals surface area contributed by atoms with Gasteiger partial charge in [0.05, 0.1) is 6.21 Å². The molecule has 0 bridgehead atoms. The summed E-state index contributed by atoms with van der Waals surface area (Å²) in [5.41, 5.74) is 3.75. The Kier molecular flexibility index (Phi) is 6.96. The van der Waals surface area contributed by atoms with Gasteiger partial charge in [-0.25, -0.2) is 5.43 Å². The van der Waals surface area contributed by atoms with Crippen LogP contribution in [0.25, 0.3) is 0 Å². The van der Waals surface area contributed by atoms with Crippen molar-refractivity contribution in [2.75, 3.05) is 5.32 Å². The van der Waals surface area contributed by atoms with Gasteiger partial charge in [0.15, 0.2) is 0 Å². The van der Waals surface area contributed by atoms with Gasteiger partial charge < -0.3 is 5.32 Å². The van der Waals surface area contributed by atoms with Crippen molar-refractivity contribution in [2.45, 2.75) is 12.8 Å². The molecule has 0 fully saturated rings. The van der Waals surface area contributed by atoms with Crippen molar-refractivity contribution in [1.82, 2.24) is 5.43 Å². The molecule has 0 unspecified atom stereocenters. The van der Waals surface area contributed by atoms with Gasteiger partial charge >= 0.3 is 0 Å². The van der Waals surface area contributed by atoms with E-state index in [1.54, 1.807) is 24.3 Å². The van der Waals surface area contributed by atoms with E-state index < -0.39 is 0 Å². The number of carbonyl (C=O) groups excluding carboxylic acids is 2. The van der Waals surface area contributed by atoms with Crippen LogP contribution in [0, 0.1) is 0 Å². The van der Waals surface area contributed by atoms with Gasteiger partial charge in [-0.1, -0.05) is 45.7 Å². The first-order valence-electron chi connectivity index (χ1n) is 7.16. The van der Waals surface area contributed by atoms with Gasteiger partial charge in [-0.3, -0.25) is 9.59 Å². The van der Waals surface area contributed by atoms with Gasteiger partial charge in [0, 0.05) is 33.6 Å². The monoisotopic (exact) mass is 407 g/mol. The molecule has 2 aromatic rings. The summed E-state index contributed by atoms with van der Waals surface area (Å²) < 4.78 is 0.927. The molecule has 0 aliphatic carbocycles. The summed E-state index contributed by atoms with van der Waals surface area (Å²) in [4.78, 5) is 23.5. The fourth-order valence-electron chi connectivity index (χ4n) is 1.79. The smallest absolute Gasteiger partial charge is 0.240 e. The number of carbonyl (C=O) groups is 2. The third-order valence-corrected chi connectivity index (χ3v) is 3.88. The van der Waals surface area contributed by atoms with Gasteiger partial charge in [0.25, 0.3) is 0 Å². The molecule has 24 heavy (non-hydrogen) atoms. The number of hydrazone groups is 1. The molecule has 7 heteroatoms. The summed E-state index contributed by atoms with van der Waals surface area (Å²) >= 11 is 9.29. The van der Waals surface area contributed by atoms with Crippen molar-refractivity contribution in [3.63, 3.8) is 0 Å². The molecule has 124 valence electrons. The van der Waals surface area contributed by atoms with Crippen LogP contribution in [-0.4, -0.2) is 18.0 Å². The molecule has 5 nitrogen and oxygen atoms in total. The molecule has 2 amide bonds. The zero-order valence-electron chi connectivity index (χ0n) is 12.6. The predicted molar refractivity (Wildman–Crippen MR) is 99.2 cm³/mol. The number of benzene rings is 2. The predicted octanol–water partition coefficient (Wildman–Crippen LogP) is 3.97. The molecule has 2 rings (SSSR count). The second kappa shape index (κ2) is 9.20. The standard InChI is InChI=1S/C17H15BrClN3O2/c18-13-5-7-14(8-6-13)21-16(23)9-10-17(24)22-20-11-12-3-1-2-4-15(12)19/h1-8,11H,9-10H2,(H,21,23)(H,22,24)/b20-11+. The number of nitrogens with one attached hydrogen (secondary N) is 2. The van der Waals surface area contributed by atoms with Crippen LogP contribution in [0.3, 0.4) is 0 Å². The molecule has 2 aromatic carbocycles. The van der Waals surface area contributed by atoms with Crippen molar-refractivity contribution in [2.24, 2.45) is 5.10 Å². The zero-order valence-corrected chi connectivity index (χ0v) is 15.0. The van der Waals surface area contributed by atoms with E-state index in [1.807, 2.05) is 24.3 Å². The van der Waals surface area contributed by atoms with E-state index in [0.717, 1.165) is 4.47 Å². The minimum atomic E-state index is -0.343. The number of hydrogen-bond donors (Lipinski definition) is 2. The average Bonchev–Trinajstić information content (AvgIpc) is 2.57. The fraction of sp³-hybridized carbons (Fsp3) is 0.118. The Hall–Kier alpha value is -2.18. The number of nitrogens with zero attached hydrogens (tertiary/aromatic N) is 1. The third kappa shape index (κ3) is 6.14. The molecular weight excluding hydrogens is 394 g/mol. The summed E-state index contributed by atoms with van der Waals surface area (Å²) in [6.45, 7) is 0. The minimum absolute atomic E-state index is 0.0439. The van der Waals surface area contributed by atoms with Crippen molar-refractivity contribution in [1.29, 1.82) is 0 Å². The fourth-order valence-corrected chi connectivity index (χ4v) is 2.24. The lowest BCUT2D eigenvalue weighted by molar-refractivity contribution is -0.124. The lowest BCUT2D eigenvalue weighted by atomic mass is 10.2. The van der Waals surface area contributed by atoms with Crippen LogP contribution in [0.4, 0.5) is 5.69 Å². The molecule has 0 heterocycles. The first kappa shape index (κ1) is 18.2. The Labute approximate surface area is 153 Å². The lowest BCUT2D eigenvalue weighted by Gasteiger charge is -2.05. The van der Waals surface area contributed by atoms with Crippen LogP contribution < -0.4 is 10.7 Å². The molecule has 0 atom stereocenters. The summed E-state index contributed by atoms with van der Waals surface area (Å²) in [5.74, 6) is -0.577. The van der Waals surface area contributed by atoms with Crippen LogP contribution in [0.1, 0.15) is 18.4 Å². The zero-order chi connectivity index (χ0) is 17.4. The molecule has 0 aliphatic rings. The number of rotatable bonds is 6. The second-order valence-electron chi connectivity index (χ2n) is 4.87. The first-order valence-corrected chi connectivity index (χ1v) is 8.33. The maximum atomic E-state index is 11.8. The highest BCUT2D eigenvalue weighted by atomic mass is 79.9. The van der Waals surface area contributed by atoms with Crippen LogP contribution >= 0.6 is 27.5 Å². The Bertz CT molecular complexity index is 748. The summed E-state index contributed by atoms with van der Waals surface area (Å²) in [6, 6.07) is 14.3. The van der Waals surface area contributed by atoms with Crippen LogP contribution in [0.2, 0.25) is 5.02 Å². The van der Waals surface area contributed by atoms with E-state index in [9.17, 15) is 9.59 Å². The summed E-state index contributed by atoms with van der Waals surface area (Å²) in [6.07, 6.45) is 1.58. The van der Waals surface area contributed by atoms with Gasteiger partial charge in [-0.2, -0.15) is 5.10 Å². The largest absolute Gasteiger partial charge is 0.326 e. The van der Waals surface area contributed by atoms with Crippen LogP contribution in [-0.2, 0) is 9.59 Å². The molecule has 0 saturated carbocycles. The van der Waals surface area contributed by atoms with Gasteiger partial charge in [-0.15, -0.1) is 0 Å². The highest BCUT2D eigenvalue weighted by Gasteiger charge is 2.06. The van der Waals surface area contributed by atoms with Crippen molar-refractivity contribution in [3.05, 3.63) is 63.6 Å². The van der Waals surface area contributed by atoms with Gasteiger partial charge in [0.2, 0.25) is 11.8 Å². The van der Waals surface area contributed by atoms with E-state index in [1.165, 1.54) is 6.21 Å². The number of hydrogen-bond acceptors (Lipinski definition) is 3. The SMILES string of the molecule is O=C(CCC(=O)Nc1ccc(Br)cc1)N/N=C/c1ccccc1Cl. The highest BCUT2D eigenvalue weighted by Crippen LogP contribution is 2.14. The van der Waals surface area contributed by atoms with E-state index in [0.29, 0.717) is 16.3 Å². The Morgan fingerprint density at radius 2 is 1.71 bits per heavy atom. The number of halogens is 2. The molecule has 0 spiro atoms. The topological polar surface area (TPSA) is 70.6 Å². The maximum absolute atomic E-state index is 11.8. The Balaban J connectivity index is 1.73. The molecule has 0 saturated heterocycles. The van der Waals surface area contributed by atoms with E-state index in [2.05, 4.69) is 31.8 Å². The first-order chi connectivity index (χ1) is 11.5. The lowest BCUT2D eigenvalue weighted by Crippen LogP contribution is -2.20. The van der Waals surface area contributed by atoms with Crippen LogP contribution in [0.5, 0.6) is 0 Å². The van der Waals surface area contributed by atoms with Crippen LogP contribution in [0.15, 0.2) is 58.1 Å².